The van der Waals surface area contributed by atoms with Crippen LogP contribution in [0.25, 0.3) is 11.1 Å². The van der Waals surface area contributed by atoms with Gasteiger partial charge in [0.1, 0.15) is 6.29 Å². The van der Waals surface area contributed by atoms with E-state index in [0.29, 0.717) is 12.0 Å². The van der Waals surface area contributed by atoms with Crippen molar-refractivity contribution in [2.45, 2.75) is 32.1 Å². The summed E-state index contributed by atoms with van der Waals surface area (Å²) in [6.07, 6.45) is 4.95. The minimum Gasteiger partial charge on any atom is -0.298 e. The number of aryl methyl sites for hydroxylation is 1. The fourth-order valence-corrected chi connectivity index (χ4v) is 2.47. The standard InChI is InChI=1S/C19H21NO3/c21-14-16-8-12-18(13-9-16)17-10-6-15(7-11-17)4-2-1-3-5-19(22)20-23/h6-14,23H,1-5H2,(H,20,22). The third kappa shape index (κ3) is 5.34. The molecule has 0 heterocycles. The van der Waals surface area contributed by atoms with E-state index in [1.807, 2.05) is 24.3 Å². The number of hydroxylamine groups is 1. The number of unbranched alkanes of at least 4 members (excludes halogenated alkanes) is 2. The summed E-state index contributed by atoms with van der Waals surface area (Å²) in [6, 6.07) is 15.9. The maximum Gasteiger partial charge on any atom is 0.243 e. The van der Waals surface area contributed by atoms with E-state index in [2.05, 4.69) is 24.3 Å². The number of carbonyl (C=O) groups excluding carboxylic acids is 2. The van der Waals surface area contributed by atoms with E-state index in [1.165, 1.54) is 5.56 Å². The van der Waals surface area contributed by atoms with Crippen LogP contribution in [0.2, 0.25) is 0 Å². The van der Waals surface area contributed by atoms with Crippen molar-refractivity contribution in [3.8, 4) is 11.1 Å². The van der Waals surface area contributed by atoms with Gasteiger partial charge in [0.25, 0.3) is 0 Å². The molecule has 2 aromatic carbocycles. The van der Waals surface area contributed by atoms with Crippen molar-refractivity contribution >= 4 is 12.2 Å². The summed E-state index contributed by atoms with van der Waals surface area (Å²) >= 11 is 0. The zero-order chi connectivity index (χ0) is 16.5. The van der Waals surface area contributed by atoms with Crippen molar-refractivity contribution in [2.75, 3.05) is 0 Å². The molecule has 1 amide bonds. The van der Waals surface area contributed by atoms with Gasteiger partial charge in [0.2, 0.25) is 5.91 Å². The lowest BCUT2D eigenvalue weighted by atomic mass is 10.0. The zero-order valence-corrected chi connectivity index (χ0v) is 13.0. The maximum atomic E-state index is 10.9. The van der Waals surface area contributed by atoms with E-state index >= 15 is 0 Å². The second-order valence-electron chi connectivity index (χ2n) is 5.53. The first-order valence-corrected chi connectivity index (χ1v) is 7.80. The quantitative estimate of drug-likeness (QED) is 0.337. The van der Waals surface area contributed by atoms with E-state index in [9.17, 15) is 9.59 Å². The molecule has 2 rings (SSSR count). The average Bonchev–Trinajstić information content (AvgIpc) is 2.62. The van der Waals surface area contributed by atoms with Crippen LogP contribution in [-0.2, 0) is 11.2 Å². The number of carbonyl (C=O) groups is 2. The van der Waals surface area contributed by atoms with Crippen LogP contribution < -0.4 is 5.48 Å². The highest BCUT2D eigenvalue weighted by Gasteiger charge is 2.01. The monoisotopic (exact) mass is 311 g/mol. The fourth-order valence-electron chi connectivity index (χ4n) is 2.47. The lowest BCUT2D eigenvalue weighted by Crippen LogP contribution is -2.17. The van der Waals surface area contributed by atoms with Crippen molar-refractivity contribution in [2.24, 2.45) is 0 Å². The van der Waals surface area contributed by atoms with Crippen molar-refractivity contribution < 1.29 is 14.8 Å². The minimum absolute atomic E-state index is 0.324. The second kappa shape index (κ2) is 8.86. The fraction of sp³-hybridized carbons (Fsp3) is 0.263. The van der Waals surface area contributed by atoms with Gasteiger partial charge in [-0.05, 0) is 36.0 Å². The van der Waals surface area contributed by atoms with Crippen molar-refractivity contribution in [3.05, 3.63) is 59.7 Å². The van der Waals surface area contributed by atoms with Crippen molar-refractivity contribution in [3.63, 3.8) is 0 Å². The van der Waals surface area contributed by atoms with Crippen LogP contribution in [0.4, 0.5) is 0 Å². The van der Waals surface area contributed by atoms with E-state index in [0.717, 1.165) is 43.1 Å². The Morgan fingerprint density at radius 3 is 2.09 bits per heavy atom. The molecule has 2 aromatic rings. The molecule has 0 aliphatic rings. The SMILES string of the molecule is O=Cc1ccc(-c2ccc(CCCCCC(=O)NO)cc2)cc1. The van der Waals surface area contributed by atoms with Gasteiger partial charge in [0.05, 0.1) is 0 Å². The van der Waals surface area contributed by atoms with Gasteiger partial charge in [0.15, 0.2) is 0 Å². The molecular weight excluding hydrogens is 290 g/mol. The molecule has 4 nitrogen and oxygen atoms in total. The molecule has 0 unspecified atom stereocenters. The Kier molecular flexibility index (Phi) is 6.51. The van der Waals surface area contributed by atoms with E-state index in [1.54, 1.807) is 5.48 Å². The molecule has 0 saturated carbocycles. The van der Waals surface area contributed by atoms with Gasteiger partial charge < -0.3 is 0 Å². The van der Waals surface area contributed by atoms with Gasteiger partial charge in [-0.3, -0.25) is 14.8 Å². The molecule has 0 bridgehead atoms. The summed E-state index contributed by atoms with van der Waals surface area (Å²) in [4.78, 5) is 21.5. The number of amides is 1. The molecule has 0 spiro atoms. The van der Waals surface area contributed by atoms with Crippen molar-refractivity contribution in [1.82, 2.24) is 5.48 Å². The van der Waals surface area contributed by atoms with Crippen LogP contribution in [0, 0.1) is 0 Å². The highest BCUT2D eigenvalue weighted by Crippen LogP contribution is 2.20. The number of aldehydes is 1. The van der Waals surface area contributed by atoms with Gasteiger partial charge in [-0.15, -0.1) is 0 Å². The average molecular weight is 311 g/mol. The Morgan fingerprint density at radius 2 is 1.52 bits per heavy atom. The lowest BCUT2D eigenvalue weighted by Gasteiger charge is -2.05. The number of benzene rings is 2. The Hall–Kier alpha value is -2.46. The Labute approximate surface area is 136 Å². The van der Waals surface area contributed by atoms with Crippen LogP contribution >= 0.6 is 0 Å². The van der Waals surface area contributed by atoms with Gasteiger partial charge in [-0.2, -0.15) is 0 Å². The summed E-state index contributed by atoms with van der Waals surface area (Å²) in [6.45, 7) is 0. The topological polar surface area (TPSA) is 66.4 Å². The molecule has 0 aliphatic carbocycles. The molecule has 120 valence electrons. The first kappa shape index (κ1) is 16.9. The number of nitrogens with one attached hydrogen (secondary N) is 1. The molecule has 4 heteroatoms. The lowest BCUT2D eigenvalue weighted by molar-refractivity contribution is -0.129. The third-order valence-corrected chi connectivity index (χ3v) is 3.83. The van der Waals surface area contributed by atoms with Crippen LogP contribution in [0.1, 0.15) is 41.6 Å². The summed E-state index contributed by atoms with van der Waals surface area (Å²) in [7, 11) is 0. The predicted octanol–water partition coefficient (Wildman–Crippen LogP) is 3.77. The molecule has 0 aliphatic heterocycles. The van der Waals surface area contributed by atoms with Gasteiger partial charge in [0, 0.05) is 12.0 Å². The summed E-state index contributed by atoms with van der Waals surface area (Å²) < 4.78 is 0. The molecule has 0 aromatic heterocycles. The number of hydrogen-bond acceptors (Lipinski definition) is 3. The van der Waals surface area contributed by atoms with E-state index in [4.69, 9.17) is 5.21 Å². The van der Waals surface area contributed by atoms with Crippen molar-refractivity contribution in [1.29, 1.82) is 0 Å². The van der Waals surface area contributed by atoms with Gasteiger partial charge in [-0.25, -0.2) is 5.48 Å². The first-order valence-electron chi connectivity index (χ1n) is 7.80. The van der Waals surface area contributed by atoms with Crippen LogP contribution in [0.3, 0.4) is 0 Å². The molecule has 0 atom stereocenters. The minimum atomic E-state index is -0.324. The van der Waals surface area contributed by atoms with Crippen LogP contribution in [0.15, 0.2) is 48.5 Å². The van der Waals surface area contributed by atoms with Crippen LogP contribution in [-0.4, -0.2) is 17.4 Å². The first-order chi connectivity index (χ1) is 11.2. The molecule has 0 saturated heterocycles. The molecule has 23 heavy (non-hydrogen) atoms. The maximum absolute atomic E-state index is 10.9. The highest BCUT2D eigenvalue weighted by atomic mass is 16.5. The third-order valence-electron chi connectivity index (χ3n) is 3.83. The van der Waals surface area contributed by atoms with Gasteiger partial charge >= 0.3 is 0 Å². The van der Waals surface area contributed by atoms with Gasteiger partial charge in [-0.1, -0.05) is 55.0 Å². The van der Waals surface area contributed by atoms with Crippen LogP contribution in [0.5, 0.6) is 0 Å². The summed E-state index contributed by atoms with van der Waals surface area (Å²) in [5, 5.41) is 8.40. The van der Waals surface area contributed by atoms with E-state index in [-0.39, 0.29) is 5.91 Å². The number of rotatable bonds is 8. The number of hydrogen-bond donors (Lipinski definition) is 2. The molecule has 2 N–H and O–H groups in total. The molecular formula is C19H21NO3. The predicted molar refractivity (Wildman–Crippen MR) is 89.4 cm³/mol. The van der Waals surface area contributed by atoms with E-state index < -0.39 is 0 Å². The largest absolute Gasteiger partial charge is 0.298 e. The Bertz CT molecular complexity index is 633. The summed E-state index contributed by atoms with van der Waals surface area (Å²) in [5.41, 5.74) is 5.82. The zero-order valence-electron chi connectivity index (χ0n) is 13.0. The smallest absolute Gasteiger partial charge is 0.243 e. The normalized spacial score (nSPS) is 10.3. The molecule has 0 fully saturated rings. The second-order valence-corrected chi connectivity index (χ2v) is 5.53. The Balaban J connectivity index is 1.82. The Morgan fingerprint density at radius 1 is 0.913 bits per heavy atom. The highest BCUT2D eigenvalue weighted by molar-refractivity contribution is 5.77. The molecule has 0 radical (unpaired) electrons. The summed E-state index contributed by atoms with van der Waals surface area (Å²) in [5.74, 6) is -0.324.